The van der Waals surface area contributed by atoms with Crippen LogP contribution < -0.4 is 10.6 Å². The van der Waals surface area contributed by atoms with Gasteiger partial charge in [0.1, 0.15) is 0 Å². The molecule has 104 valence electrons. The number of unbranched alkanes of at least 4 members (excludes halogenated alkanes) is 1. The van der Waals surface area contributed by atoms with Crippen LogP contribution in [0.15, 0.2) is 28.7 Å². The van der Waals surface area contributed by atoms with Crippen molar-refractivity contribution in [1.29, 1.82) is 0 Å². The highest BCUT2D eigenvalue weighted by Gasteiger charge is 2.02. The van der Waals surface area contributed by atoms with E-state index >= 15 is 0 Å². The molecular formula is C13H17BrN2O3. The van der Waals surface area contributed by atoms with Crippen LogP contribution in [-0.4, -0.2) is 23.7 Å². The van der Waals surface area contributed by atoms with Crippen molar-refractivity contribution in [3.8, 4) is 0 Å². The molecule has 2 amide bonds. The lowest BCUT2D eigenvalue weighted by atomic mass is 10.2. The lowest BCUT2D eigenvalue weighted by Crippen LogP contribution is -2.35. The van der Waals surface area contributed by atoms with E-state index in [0.717, 1.165) is 10.0 Å². The van der Waals surface area contributed by atoms with Gasteiger partial charge in [0.2, 0.25) is 0 Å². The van der Waals surface area contributed by atoms with Crippen molar-refractivity contribution in [1.82, 2.24) is 10.6 Å². The summed E-state index contributed by atoms with van der Waals surface area (Å²) < 4.78 is 0.955. The minimum atomic E-state index is -0.807. The van der Waals surface area contributed by atoms with Crippen molar-refractivity contribution in [2.45, 2.75) is 25.8 Å². The highest BCUT2D eigenvalue weighted by molar-refractivity contribution is 9.10. The second kappa shape index (κ2) is 8.53. The van der Waals surface area contributed by atoms with Gasteiger partial charge in [-0.3, -0.25) is 4.79 Å². The average Bonchev–Trinajstić information content (AvgIpc) is 2.37. The minimum absolute atomic E-state index is 0.139. The van der Waals surface area contributed by atoms with E-state index in [4.69, 9.17) is 5.11 Å². The van der Waals surface area contributed by atoms with Gasteiger partial charge in [-0.25, -0.2) is 4.79 Å². The molecular weight excluding hydrogens is 312 g/mol. The first kappa shape index (κ1) is 15.5. The molecule has 3 N–H and O–H groups in total. The Morgan fingerprint density at radius 1 is 1.16 bits per heavy atom. The summed E-state index contributed by atoms with van der Waals surface area (Å²) in [5, 5.41) is 13.9. The quantitative estimate of drug-likeness (QED) is 0.673. The van der Waals surface area contributed by atoms with Crippen LogP contribution in [0.4, 0.5) is 4.79 Å². The van der Waals surface area contributed by atoms with Gasteiger partial charge in [0.05, 0.1) is 0 Å². The smallest absolute Gasteiger partial charge is 0.315 e. The molecule has 19 heavy (non-hydrogen) atoms. The van der Waals surface area contributed by atoms with E-state index in [0.29, 0.717) is 25.9 Å². The number of carbonyl (C=O) groups is 2. The summed E-state index contributed by atoms with van der Waals surface area (Å²) >= 11 is 3.41. The highest BCUT2D eigenvalue weighted by Crippen LogP contribution is 2.15. The standard InChI is InChI=1S/C13H17BrN2O3/c14-11-6-2-1-5-10(11)9-16-13(19)15-8-4-3-7-12(17)18/h1-2,5-6H,3-4,7-9H2,(H,17,18)(H2,15,16,19). The zero-order valence-electron chi connectivity index (χ0n) is 10.5. The fraction of sp³-hybridized carbons (Fsp3) is 0.385. The van der Waals surface area contributed by atoms with Crippen molar-refractivity contribution in [3.63, 3.8) is 0 Å². The molecule has 0 atom stereocenters. The van der Waals surface area contributed by atoms with E-state index in [1.807, 2.05) is 24.3 Å². The zero-order valence-corrected chi connectivity index (χ0v) is 12.1. The number of aliphatic carboxylic acids is 1. The second-order valence-corrected chi connectivity index (χ2v) is 4.91. The van der Waals surface area contributed by atoms with Crippen molar-refractivity contribution in [2.75, 3.05) is 6.54 Å². The Labute approximate surface area is 120 Å². The van der Waals surface area contributed by atoms with Crippen LogP contribution in [0.2, 0.25) is 0 Å². The van der Waals surface area contributed by atoms with E-state index in [9.17, 15) is 9.59 Å². The molecule has 0 aromatic heterocycles. The van der Waals surface area contributed by atoms with Gasteiger partial charge in [-0.2, -0.15) is 0 Å². The van der Waals surface area contributed by atoms with Gasteiger partial charge in [0.25, 0.3) is 0 Å². The first-order chi connectivity index (χ1) is 9.09. The van der Waals surface area contributed by atoms with Gasteiger partial charge in [-0.15, -0.1) is 0 Å². The third-order valence-corrected chi connectivity index (χ3v) is 3.27. The molecule has 0 unspecified atom stereocenters. The van der Waals surface area contributed by atoms with Crippen molar-refractivity contribution >= 4 is 27.9 Å². The van der Waals surface area contributed by atoms with E-state index < -0.39 is 5.97 Å². The first-order valence-corrected chi connectivity index (χ1v) is 6.86. The molecule has 0 bridgehead atoms. The summed E-state index contributed by atoms with van der Waals surface area (Å²) in [6.07, 6.45) is 1.37. The van der Waals surface area contributed by atoms with Crippen LogP contribution in [-0.2, 0) is 11.3 Å². The molecule has 0 saturated carbocycles. The van der Waals surface area contributed by atoms with Gasteiger partial charge in [0, 0.05) is 24.0 Å². The lowest BCUT2D eigenvalue weighted by molar-refractivity contribution is -0.137. The minimum Gasteiger partial charge on any atom is -0.481 e. The van der Waals surface area contributed by atoms with E-state index in [2.05, 4.69) is 26.6 Å². The predicted molar refractivity (Wildman–Crippen MR) is 75.9 cm³/mol. The molecule has 5 nitrogen and oxygen atoms in total. The van der Waals surface area contributed by atoms with E-state index in [1.54, 1.807) is 0 Å². The number of rotatable bonds is 7. The summed E-state index contributed by atoms with van der Waals surface area (Å²) in [6, 6.07) is 7.42. The molecule has 0 saturated heterocycles. The average molecular weight is 329 g/mol. The molecule has 0 radical (unpaired) electrons. The molecule has 0 aliphatic carbocycles. The van der Waals surface area contributed by atoms with Crippen molar-refractivity contribution < 1.29 is 14.7 Å². The van der Waals surface area contributed by atoms with Gasteiger partial charge in [-0.05, 0) is 24.5 Å². The summed E-state index contributed by atoms with van der Waals surface area (Å²) in [4.78, 5) is 21.8. The third-order valence-electron chi connectivity index (χ3n) is 2.50. The normalized spacial score (nSPS) is 9.95. The Morgan fingerprint density at radius 2 is 1.89 bits per heavy atom. The molecule has 1 aromatic carbocycles. The summed E-state index contributed by atoms with van der Waals surface area (Å²) in [5.74, 6) is -0.807. The maximum atomic E-state index is 11.5. The largest absolute Gasteiger partial charge is 0.481 e. The van der Waals surface area contributed by atoms with Gasteiger partial charge < -0.3 is 15.7 Å². The molecule has 0 fully saturated rings. The van der Waals surface area contributed by atoms with Gasteiger partial charge >= 0.3 is 12.0 Å². The Balaban J connectivity index is 2.15. The molecule has 0 heterocycles. The van der Waals surface area contributed by atoms with Crippen molar-refractivity contribution in [2.24, 2.45) is 0 Å². The number of urea groups is 1. The number of amides is 2. The van der Waals surface area contributed by atoms with E-state index in [1.165, 1.54) is 0 Å². The lowest BCUT2D eigenvalue weighted by Gasteiger charge is -2.08. The molecule has 6 heteroatoms. The predicted octanol–water partition coefficient (Wildman–Crippen LogP) is 2.50. The number of nitrogens with one attached hydrogen (secondary N) is 2. The van der Waals surface area contributed by atoms with E-state index in [-0.39, 0.29) is 12.5 Å². The summed E-state index contributed by atoms with van der Waals surface area (Å²) in [7, 11) is 0. The number of carboxylic acid groups (broad SMARTS) is 1. The summed E-state index contributed by atoms with van der Waals surface area (Å²) in [5.41, 5.74) is 1.00. The van der Waals surface area contributed by atoms with Crippen LogP contribution >= 0.6 is 15.9 Å². The number of hydrogen-bond acceptors (Lipinski definition) is 2. The SMILES string of the molecule is O=C(O)CCCCNC(=O)NCc1ccccc1Br. The fourth-order valence-electron chi connectivity index (χ4n) is 1.48. The summed E-state index contributed by atoms with van der Waals surface area (Å²) in [6.45, 7) is 0.928. The topological polar surface area (TPSA) is 78.4 Å². The highest BCUT2D eigenvalue weighted by atomic mass is 79.9. The first-order valence-electron chi connectivity index (χ1n) is 6.06. The van der Waals surface area contributed by atoms with Crippen LogP contribution in [0.25, 0.3) is 0 Å². The second-order valence-electron chi connectivity index (χ2n) is 4.05. The number of hydrogen-bond donors (Lipinski definition) is 3. The van der Waals surface area contributed by atoms with Crippen LogP contribution in [0.5, 0.6) is 0 Å². The Kier molecular flexibility index (Phi) is 6.95. The number of benzene rings is 1. The zero-order chi connectivity index (χ0) is 14.1. The van der Waals surface area contributed by atoms with Crippen molar-refractivity contribution in [3.05, 3.63) is 34.3 Å². The Morgan fingerprint density at radius 3 is 2.58 bits per heavy atom. The molecule has 1 rings (SSSR count). The monoisotopic (exact) mass is 328 g/mol. The molecule has 0 aliphatic heterocycles. The number of carboxylic acids is 1. The van der Waals surface area contributed by atoms with Crippen LogP contribution in [0.1, 0.15) is 24.8 Å². The fourth-order valence-corrected chi connectivity index (χ4v) is 1.91. The molecule has 1 aromatic rings. The Hall–Kier alpha value is -1.56. The van der Waals surface area contributed by atoms with Gasteiger partial charge in [-0.1, -0.05) is 34.1 Å². The van der Waals surface area contributed by atoms with Gasteiger partial charge in [0.15, 0.2) is 0 Å². The number of halogens is 1. The molecule has 0 aliphatic rings. The van der Waals surface area contributed by atoms with Crippen LogP contribution in [0.3, 0.4) is 0 Å². The maximum absolute atomic E-state index is 11.5. The Bertz CT molecular complexity index is 438. The number of carbonyl (C=O) groups excluding carboxylic acids is 1. The molecule has 0 spiro atoms. The third kappa shape index (κ3) is 6.81. The van der Waals surface area contributed by atoms with Crippen LogP contribution in [0, 0.1) is 0 Å². The maximum Gasteiger partial charge on any atom is 0.315 e.